The summed E-state index contributed by atoms with van der Waals surface area (Å²) in [5.74, 6) is 0.457. The van der Waals surface area contributed by atoms with Crippen LogP contribution in [0.1, 0.15) is 59.3 Å². The van der Waals surface area contributed by atoms with Gasteiger partial charge in [0, 0.05) is 11.3 Å². The molecule has 0 amide bonds. The Kier molecular flexibility index (Phi) is 6.06. The minimum atomic E-state index is -1.47. The molecule has 1 spiro atoms. The normalized spacial score (nSPS) is 56.6. The number of hydrogen-bond acceptors (Lipinski definition) is 8. The maximum Gasteiger partial charge on any atom is 0.186 e. The smallest absolute Gasteiger partial charge is 0.186 e. The molecule has 5 fully saturated rings. The van der Waals surface area contributed by atoms with Crippen LogP contribution in [0.3, 0.4) is 0 Å². The van der Waals surface area contributed by atoms with Crippen molar-refractivity contribution in [1.29, 1.82) is 0 Å². The number of ether oxygens (including phenoxy) is 2. The van der Waals surface area contributed by atoms with Crippen LogP contribution in [0.4, 0.5) is 0 Å². The molecule has 2 bridgehead atoms. The van der Waals surface area contributed by atoms with E-state index in [9.17, 15) is 30.6 Å². The van der Waals surface area contributed by atoms with Crippen LogP contribution in [0.5, 0.6) is 0 Å². The Balaban J connectivity index is 1.44. The topological polar surface area (TPSA) is 140 Å². The summed E-state index contributed by atoms with van der Waals surface area (Å²) < 4.78 is 11.9. The van der Waals surface area contributed by atoms with Crippen molar-refractivity contribution < 1.29 is 40.1 Å². The van der Waals surface area contributed by atoms with Crippen molar-refractivity contribution >= 4 is 0 Å². The lowest BCUT2D eigenvalue weighted by atomic mass is 9.40. The zero-order chi connectivity index (χ0) is 24.8. The second-order valence-electron chi connectivity index (χ2n) is 12.7. The fraction of sp³-hybridized carbons (Fsp3) is 0.923. The highest BCUT2D eigenvalue weighted by atomic mass is 16.7. The average Bonchev–Trinajstić information content (AvgIpc) is 2.87. The lowest BCUT2D eigenvalue weighted by molar-refractivity contribution is -0.323. The molecule has 1 heterocycles. The molecule has 194 valence electrons. The number of hydrogen-bond donors (Lipinski definition) is 6. The highest BCUT2D eigenvalue weighted by molar-refractivity contribution is 5.31. The van der Waals surface area contributed by atoms with E-state index in [1.807, 2.05) is 0 Å². The first-order chi connectivity index (χ1) is 15.9. The molecule has 13 atom stereocenters. The van der Waals surface area contributed by atoms with E-state index < -0.39 is 54.9 Å². The van der Waals surface area contributed by atoms with Gasteiger partial charge in [-0.1, -0.05) is 27.4 Å². The third kappa shape index (κ3) is 3.26. The summed E-state index contributed by atoms with van der Waals surface area (Å²) in [7, 11) is 0. The van der Waals surface area contributed by atoms with Crippen molar-refractivity contribution in [2.75, 3.05) is 6.61 Å². The van der Waals surface area contributed by atoms with Gasteiger partial charge in [0.1, 0.15) is 24.4 Å². The fourth-order valence-corrected chi connectivity index (χ4v) is 9.34. The molecule has 0 aromatic carbocycles. The van der Waals surface area contributed by atoms with E-state index in [1.54, 1.807) is 0 Å². The molecule has 0 aromatic heterocycles. The third-order valence-corrected chi connectivity index (χ3v) is 10.7. The van der Waals surface area contributed by atoms with Crippen LogP contribution in [0, 0.1) is 34.0 Å². The molecular formula is C26H42O8. The number of fused-ring (bicyclic) bond motifs is 3. The van der Waals surface area contributed by atoms with Crippen molar-refractivity contribution in [3.8, 4) is 0 Å². The van der Waals surface area contributed by atoms with Crippen LogP contribution in [-0.4, -0.2) is 86.3 Å². The predicted octanol–water partition coefficient (Wildman–Crippen LogP) is 0.712. The minimum absolute atomic E-state index is 0.0378. The zero-order valence-corrected chi connectivity index (χ0v) is 20.5. The molecule has 8 nitrogen and oxygen atoms in total. The molecule has 8 heteroatoms. The number of aliphatic hydroxyl groups excluding tert-OH is 6. The SMILES string of the molecule is C=C1[C@H]2CC[C@@H]3[C@@]4(C)C[C@H](O[C@@H]5O[C@H](CO)[C@@H](O)[C@H](O)[C@H]5O)CC(C)(C)[C@@H]4CC[C@@]3([C@@H]2O)[C@H]1O. The molecule has 34 heavy (non-hydrogen) atoms. The van der Waals surface area contributed by atoms with Crippen LogP contribution >= 0.6 is 0 Å². The fourth-order valence-electron chi connectivity index (χ4n) is 9.34. The first-order valence-electron chi connectivity index (χ1n) is 12.9. The van der Waals surface area contributed by atoms with Crippen molar-refractivity contribution in [2.45, 2.75) is 108 Å². The molecule has 1 aliphatic heterocycles. The Bertz CT molecular complexity index is 815. The van der Waals surface area contributed by atoms with Gasteiger partial charge in [-0.25, -0.2) is 0 Å². The largest absolute Gasteiger partial charge is 0.394 e. The van der Waals surface area contributed by atoms with Gasteiger partial charge in [-0.3, -0.25) is 0 Å². The molecule has 5 rings (SSSR count). The van der Waals surface area contributed by atoms with Crippen LogP contribution in [-0.2, 0) is 9.47 Å². The van der Waals surface area contributed by atoms with Gasteiger partial charge in [0.2, 0.25) is 0 Å². The molecule has 1 saturated heterocycles. The second kappa shape index (κ2) is 8.21. The zero-order valence-electron chi connectivity index (χ0n) is 20.5. The van der Waals surface area contributed by atoms with Crippen LogP contribution in [0.15, 0.2) is 12.2 Å². The predicted molar refractivity (Wildman–Crippen MR) is 122 cm³/mol. The van der Waals surface area contributed by atoms with Gasteiger partial charge in [0.15, 0.2) is 6.29 Å². The number of rotatable bonds is 3. The average molecular weight is 483 g/mol. The first-order valence-corrected chi connectivity index (χ1v) is 12.9. The van der Waals surface area contributed by atoms with Gasteiger partial charge in [0.25, 0.3) is 0 Å². The second-order valence-corrected chi connectivity index (χ2v) is 12.7. The Morgan fingerprint density at radius 1 is 0.941 bits per heavy atom. The van der Waals surface area contributed by atoms with Gasteiger partial charge in [-0.2, -0.15) is 0 Å². The maximum absolute atomic E-state index is 11.4. The molecular weight excluding hydrogens is 440 g/mol. The van der Waals surface area contributed by atoms with E-state index in [0.29, 0.717) is 12.3 Å². The minimum Gasteiger partial charge on any atom is -0.394 e. The Morgan fingerprint density at radius 2 is 1.65 bits per heavy atom. The molecule has 4 saturated carbocycles. The van der Waals surface area contributed by atoms with E-state index in [0.717, 1.165) is 37.7 Å². The van der Waals surface area contributed by atoms with Gasteiger partial charge < -0.3 is 40.1 Å². The lowest BCUT2D eigenvalue weighted by Crippen LogP contribution is -2.64. The first kappa shape index (κ1) is 25.1. The quantitative estimate of drug-likeness (QED) is 0.255. The summed E-state index contributed by atoms with van der Waals surface area (Å²) in [6, 6.07) is 0. The molecule has 0 radical (unpaired) electrons. The summed E-state index contributed by atoms with van der Waals surface area (Å²) in [5, 5.41) is 63.1. The van der Waals surface area contributed by atoms with E-state index in [-0.39, 0.29) is 28.8 Å². The Morgan fingerprint density at radius 3 is 2.32 bits per heavy atom. The van der Waals surface area contributed by atoms with E-state index in [4.69, 9.17) is 9.47 Å². The third-order valence-electron chi connectivity index (χ3n) is 10.7. The molecule has 4 aliphatic carbocycles. The van der Waals surface area contributed by atoms with Gasteiger partial charge in [0.05, 0.1) is 24.9 Å². The van der Waals surface area contributed by atoms with Crippen LogP contribution in [0.25, 0.3) is 0 Å². The van der Waals surface area contributed by atoms with Crippen LogP contribution in [0.2, 0.25) is 0 Å². The lowest BCUT2D eigenvalue weighted by Gasteiger charge is -2.66. The summed E-state index contributed by atoms with van der Waals surface area (Å²) in [4.78, 5) is 0. The van der Waals surface area contributed by atoms with Crippen molar-refractivity contribution in [3.05, 3.63) is 12.2 Å². The van der Waals surface area contributed by atoms with Gasteiger partial charge in [-0.05, 0) is 66.8 Å². The van der Waals surface area contributed by atoms with Gasteiger partial charge >= 0.3 is 0 Å². The summed E-state index contributed by atoms with van der Waals surface area (Å²) in [6.07, 6.45) is -3.19. The van der Waals surface area contributed by atoms with Crippen molar-refractivity contribution in [2.24, 2.45) is 34.0 Å². The van der Waals surface area contributed by atoms with Crippen molar-refractivity contribution in [3.63, 3.8) is 0 Å². The molecule has 5 aliphatic rings. The Labute approximate surface area is 201 Å². The van der Waals surface area contributed by atoms with E-state index in [1.165, 1.54) is 0 Å². The molecule has 0 aromatic rings. The van der Waals surface area contributed by atoms with Crippen molar-refractivity contribution in [1.82, 2.24) is 0 Å². The Hall–Kier alpha value is -0.580. The highest BCUT2D eigenvalue weighted by Gasteiger charge is 2.70. The summed E-state index contributed by atoms with van der Waals surface area (Å²) in [5.41, 5.74) is -0.0976. The van der Waals surface area contributed by atoms with E-state index >= 15 is 0 Å². The number of aliphatic hydroxyl groups is 6. The maximum atomic E-state index is 11.4. The van der Waals surface area contributed by atoms with E-state index in [2.05, 4.69) is 27.4 Å². The summed E-state index contributed by atoms with van der Waals surface area (Å²) >= 11 is 0. The monoisotopic (exact) mass is 482 g/mol. The standard InChI is InChI=1S/C26H42O8/c1-12-14-5-6-17-25(4)10-13(33-23-20(30)19(29)18(28)15(11-27)34-23)9-24(2,3)16(25)7-8-26(17,21(12)31)22(14)32/h13-23,27-32H,1,5-11H2,2-4H3/t13-,14-,15-,16+,17-,18-,19+,20-,21+,22-,23-,25+,26+/m1/s1. The summed E-state index contributed by atoms with van der Waals surface area (Å²) in [6.45, 7) is 10.4. The highest BCUT2D eigenvalue weighted by Crippen LogP contribution is 2.72. The molecule has 0 unspecified atom stereocenters. The molecule has 6 N–H and O–H groups in total. The van der Waals surface area contributed by atoms with Gasteiger partial charge in [-0.15, -0.1) is 0 Å². The van der Waals surface area contributed by atoms with Crippen LogP contribution < -0.4 is 0 Å².